The molecule has 1 heterocycles. The average Bonchev–Trinajstić information content (AvgIpc) is 2.79. The third-order valence-corrected chi connectivity index (χ3v) is 2.69. The van der Waals surface area contributed by atoms with Crippen LogP contribution in [0.2, 0.25) is 0 Å². The first kappa shape index (κ1) is 12.2. The Morgan fingerprint density at radius 1 is 1.20 bits per heavy atom. The lowest BCUT2D eigenvalue weighted by atomic mass is 10.3. The molecule has 0 saturated carbocycles. The second-order valence-corrected chi connectivity index (χ2v) is 4.24. The van der Waals surface area contributed by atoms with Gasteiger partial charge in [-0.3, -0.25) is 5.32 Å². The summed E-state index contributed by atoms with van der Waals surface area (Å²) in [7, 11) is 0. The average molecular weight is 268 g/mol. The number of aryl methyl sites for hydroxylation is 1. The number of para-hydroxylation sites is 1. The van der Waals surface area contributed by atoms with Gasteiger partial charge < -0.3 is 9.15 Å². The van der Waals surface area contributed by atoms with E-state index in [-0.39, 0.29) is 0 Å². The summed E-state index contributed by atoms with van der Waals surface area (Å²) in [6.07, 6.45) is -0.546. The van der Waals surface area contributed by atoms with E-state index in [1.54, 1.807) is 49.4 Å². The van der Waals surface area contributed by atoms with Crippen molar-refractivity contribution in [2.24, 2.45) is 0 Å². The molecule has 0 aliphatic heterocycles. The number of carbonyl (C=O) groups is 1. The van der Waals surface area contributed by atoms with Crippen LogP contribution in [0.4, 0.5) is 10.5 Å². The summed E-state index contributed by atoms with van der Waals surface area (Å²) < 4.78 is 10.5. The van der Waals surface area contributed by atoms with Crippen molar-refractivity contribution in [1.29, 1.82) is 0 Å². The van der Waals surface area contributed by atoms with Gasteiger partial charge in [-0.05, 0) is 30.3 Å². The van der Waals surface area contributed by atoms with E-state index in [9.17, 15) is 4.79 Å². The fraction of sp³-hybridized carbons (Fsp3) is 0.0667. The highest BCUT2D eigenvalue weighted by Crippen LogP contribution is 2.20. The summed E-state index contributed by atoms with van der Waals surface area (Å²) in [5.74, 6) is 1.08. The molecule has 1 N–H and O–H groups in total. The highest BCUT2D eigenvalue weighted by Gasteiger charge is 2.07. The summed E-state index contributed by atoms with van der Waals surface area (Å²) in [6.45, 7) is 1.77. The molecule has 1 aromatic heterocycles. The number of aromatic nitrogens is 1. The molecule has 0 aliphatic carbocycles. The molecule has 5 nitrogen and oxygen atoms in total. The molecular weight excluding hydrogens is 256 g/mol. The van der Waals surface area contributed by atoms with Crippen LogP contribution in [0.15, 0.2) is 52.9 Å². The fourth-order valence-electron chi connectivity index (χ4n) is 1.86. The molecule has 1 amide bonds. The molecular formula is C15H12N2O3. The number of rotatable bonds is 2. The standard InChI is InChI=1S/C15H12N2O3/c1-10-16-13-9-11(7-8-14(13)19-10)17-15(18)20-12-5-3-2-4-6-12/h2-9H,1H3,(H,17,18). The van der Waals surface area contributed by atoms with Crippen molar-refractivity contribution in [2.75, 3.05) is 5.32 Å². The van der Waals surface area contributed by atoms with Crippen LogP contribution in [-0.4, -0.2) is 11.1 Å². The molecule has 0 bridgehead atoms. The van der Waals surface area contributed by atoms with Crippen LogP contribution in [0, 0.1) is 6.92 Å². The van der Waals surface area contributed by atoms with Crippen molar-refractivity contribution >= 4 is 22.9 Å². The van der Waals surface area contributed by atoms with Gasteiger partial charge in [-0.25, -0.2) is 9.78 Å². The van der Waals surface area contributed by atoms with Crippen molar-refractivity contribution in [2.45, 2.75) is 6.92 Å². The third-order valence-electron chi connectivity index (χ3n) is 2.69. The molecule has 3 aromatic rings. The van der Waals surface area contributed by atoms with E-state index in [4.69, 9.17) is 9.15 Å². The smallest absolute Gasteiger partial charge is 0.417 e. The number of amides is 1. The molecule has 0 saturated heterocycles. The van der Waals surface area contributed by atoms with E-state index in [1.807, 2.05) is 6.07 Å². The Kier molecular flexibility index (Phi) is 3.09. The summed E-state index contributed by atoms with van der Waals surface area (Å²) in [6, 6.07) is 14.1. The van der Waals surface area contributed by atoms with Crippen LogP contribution < -0.4 is 10.1 Å². The molecule has 0 atom stereocenters. The SMILES string of the molecule is Cc1nc2cc(NC(=O)Oc3ccccc3)ccc2o1. The molecule has 0 spiro atoms. The van der Waals surface area contributed by atoms with E-state index < -0.39 is 6.09 Å². The normalized spacial score (nSPS) is 10.4. The number of benzene rings is 2. The third kappa shape index (κ3) is 2.61. The van der Waals surface area contributed by atoms with Crippen LogP contribution in [0.1, 0.15) is 5.89 Å². The second-order valence-electron chi connectivity index (χ2n) is 4.24. The number of hydrogen-bond acceptors (Lipinski definition) is 4. The molecule has 3 rings (SSSR count). The van der Waals surface area contributed by atoms with Crippen LogP contribution in [-0.2, 0) is 0 Å². The number of hydrogen-bond donors (Lipinski definition) is 1. The number of fused-ring (bicyclic) bond motifs is 1. The molecule has 0 unspecified atom stereocenters. The zero-order chi connectivity index (χ0) is 13.9. The number of ether oxygens (including phenoxy) is 1. The van der Waals surface area contributed by atoms with Gasteiger partial charge in [0.1, 0.15) is 11.3 Å². The summed E-state index contributed by atoms with van der Waals surface area (Å²) >= 11 is 0. The van der Waals surface area contributed by atoms with E-state index in [0.717, 1.165) is 0 Å². The van der Waals surface area contributed by atoms with Gasteiger partial charge in [-0.1, -0.05) is 18.2 Å². The van der Waals surface area contributed by atoms with E-state index in [0.29, 0.717) is 28.4 Å². The van der Waals surface area contributed by atoms with Crippen LogP contribution in [0.25, 0.3) is 11.1 Å². The molecule has 100 valence electrons. The monoisotopic (exact) mass is 268 g/mol. The molecule has 20 heavy (non-hydrogen) atoms. The Labute approximate surface area is 115 Å². The zero-order valence-electron chi connectivity index (χ0n) is 10.8. The van der Waals surface area contributed by atoms with Gasteiger partial charge in [-0.15, -0.1) is 0 Å². The lowest BCUT2D eigenvalue weighted by molar-refractivity contribution is 0.215. The number of nitrogens with zero attached hydrogens (tertiary/aromatic N) is 1. The minimum absolute atomic E-state index is 0.489. The van der Waals surface area contributed by atoms with E-state index >= 15 is 0 Å². The van der Waals surface area contributed by atoms with Crippen LogP contribution in [0.3, 0.4) is 0 Å². The zero-order valence-corrected chi connectivity index (χ0v) is 10.8. The largest absolute Gasteiger partial charge is 0.441 e. The van der Waals surface area contributed by atoms with Crippen molar-refractivity contribution < 1.29 is 13.9 Å². The molecule has 0 radical (unpaired) electrons. The van der Waals surface area contributed by atoms with Gasteiger partial charge in [0.05, 0.1) is 0 Å². The maximum Gasteiger partial charge on any atom is 0.417 e. The first-order valence-corrected chi connectivity index (χ1v) is 6.12. The van der Waals surface area contributed by atoms with Gasteiger partial charge in [0, 0.05) is 12.6 Å². The predicted octanol–water partition coefficient (Wildman–Crippen LogP) is 3.75. The summed E-state index contributed by atoms with van der Waals surface area (Å²) in [5.41, 5.74) is 1.98. The Morgan fingerprint density at radius 3 is 2.80 bits per heavy atom. The van der Waals surface area contributed by atoms with Gasteiger partial charge in [0.2, 0.25) is 0 Å². The number of carbonyl (C=O) groups excluding carboxylic acids is 1. The topological polar surface area (TPSA) is 64.4 Å². The van der Waals surface area contributed by atoms with Crippen LogP contribution >= 0.6 is 0 Å². The summed E-state index contributed by atoms with van der Waals surface area (Å²) in [5, 5.41) is 2.65. The Morgan fingerprint density at radius 2 is 2.00 bits per heavy atom. The first-order chi connectivity index (χ1) is 9.70. The summed E-state index contributed by atoms with van der Waals surface area (Å²) in [4.78, 5) is 16.0. The molecule has 5 heteroatoms. The maximum absolute atomic E-state index is 11.7. The number of oxazole rings is 1. The maximum atomic E-state index is 11.7. The minimum Gasteiger partial charge on any atom is -0.441 e. The van der Waals surface area contributed by atoms with Crippen molar-refractivity contribution in [3.8, 4) is 5.75 Å². The Balaban J connectivity index is 1.74. The van der Waals surface area contributed by atoms with Gasteiger partial charge in [-0.2, -0.15) is 0 Å². The van der Waals surface area contributed by atoms with Crippen molar-refractivity contribution in [3.05, 3.63) is 54.4 Å². The lowest BCUT2D eigenvalue weighted by Crippen LogP contribution is -2.16. The predicted molar refractivity (Wildman–Crippen MR) is 74.8 cm³/mol. The lowest BCUT2D eigenvalue weighted by Gasteiger charge is -2.06. The molecule has 0 fully saturated rings. The van der Waals surface area contributed by atoms with Gasteiger partial charge >= 0.3 is 6.09 Å². The van der Waals surface area contributed by atoms with E-state index in [2.05, 4.69) is 10.3 Å². The molecule has 2 aromatic carbocycles. The van der Waals surface area contributed by atoms with Crippen LogP contribution in [0.5, 0.6) is 5.75 Å². The highest BCUT2D eigenvalue weighted by atomic mass is 16.6. The van der Waals surface area contributed by atoms with Gasteiger partial charge in [0.25, 0.3) is 0 Å². The Bertz CT molecular complexity index is 750. The van der Waals surface area contributed by atoms with Crippen molar-refractivity contribution in [3.63, 3.8) is 0 Å². The van der Waals surface area contributed by atoms with Crippen molar-refractivity contribution in [1.82, 2.24) is 4.98 Å². The van der Waals surface area contributed by atoms with E-state index in [1.165, 1.54) is 0 Å². The first-order valence-electron chi connectivity index (χ1n) is 6.12. The number of nitrogens with one attached hydrogen (secondary N) is 1. The second kappa shape index (κ2) is 5.05. The van der Waals surface area contributed by atoms with Gasteiger partial charge in [0.15, 0.2) is 11.5 Å². The fourth-order valence-corrected chi connectivity index (χ4v) is 1.86. The highest BCUT2D eigenvalue weighted by molar-refractivity contribution is 5.89. The quantitative estimate of drug-likeness (QED) is 0.768. The number of anilines is 1. The molecule has 0 aliphatic rings. The minimum atomic E-state index is -0.546. The Hall–Kier alpha value is -2.82.